The first-order chi connectivity index (χ1) is 11.7. The highest BCUT2D eigenvalue weighted by molar-refractivity contribution is 5.92. The highest BCUT2D eigenvalue weighted by Crippen LogP contribution is 2.19. The third-order valence-electron chi connectivity index (χ3n) is 4.10. The van der Waals surface area contributed by atoms with E-state index in [2.05, 4.69) is 20.5 Å². The number of halogens is 1. The summed E-state index contributed by atoms with van der Waals surface area (Å²) >= 11 is 0. The molecule has 0 bridgehead atoms. The summed E-state index contributed by atoms with van der Waals surface area (Å²) < 4.78 is 18.8. The van der Waals surface area contributed by atoms with Gasteiger partial charge in [-0.1, -0.05) is 0 Å². The van der Waals surface area contributed by atoms with E-state index in [4.69, 9.17) is 4.74 Å². The number of ether oxygens (including phenoxy) is 1. The lowest BCUT2D eigenvalue weighted by Gasteiger charge is -2.15. The van der Waals surface area contributed by atoms with Gasteiger partial charge in [-0.15, -0.1) is 5.10 Å². The van der Waals surface area contributed by atoms with Crippen molar-refractivity contribution >= 4 is 16.8 Å². The highest BCUT2D eigenvalue weighted by Gasteiger charge is 2.16. The SMILES string of the molecule is O=C(NCc1c[nH]c2ccc(F)cc12)c1cc2c(nn1)CCOC2. The van der Waals surface area contributed by atoms with Crippen molar-refractivity contribution in [3.8, 4) is 0 Å². The Morgan fingerprint density at radius 1 is 1.33 bits per heavy atom. The zero-order valence-corrected chi connectivity index (χ0v) is 12.8. The number of carbonyl (C=O) groups excluding carboxylic acids is 1. The third-order valence-corrected chi connectivity index (χ3v) is 4.10. The van der Waals surface area contributed by atoms with Crippen molar-refractivity contribution in [2.24, 2.45) is 0 Å². The summed E-state index contributed by atoms with van der Waals surface area (Å²) in [5.74, 6) is -0.628. The number of hydrogen-bond acceptors (Lipinski definition) is 4. The smallest absolute Gasteiger partial charge is 0.272 e. The summed E-state index contributed by atoms with van der Waals surface area (Å²) in [5, 5.41) is 11.6. The summed E-state index contributed by atoms with van der Waals surface area (Å²) in [6, 6.07) is 6.23. The summed E-state index contributed by atoms with van der Waals surface area (Å²) in [7, 11) is 0. The van der Waals surface area contributed by atoms with E-state index in [1.807, 2.05) is 0 Å². The van der Waals surface area contributed by atoms with Gasteiger partial charge in [-0.2, -0.15) is 5.10 Å². The molecular weight excluding hydrogens is 311 g/mol. The second-order valence-electron chi connectivity index (χ2n) is 5.69. The normalized spacial score (nSPS) is 13.7. The van der Waals surface area contributed by atoms with Gasteiger partial charge in [0.05, 0.1) is 18.9 Å². The fourth-order valence-electron chi connectivity index (χ4n) is 2.82. The fraction of sp³-hybridized carbons (Fsp3) is 0.235. The average molecular weight is 326 g/mol. The van der Waals surface area contributed by atoms with Crippen molar-refractivity contribution < 1.29 is 13.9 Å². The Kier molecular flexibility index (Phi) is 3.70. The first-order valence-electron chi connectivity index (χ1n) is 7.67. The number of nitrogens with one attached hydrogen (secondary N) is 2. The molecule has 0 saturated carbocycles. The number of H-pyrrole nitrogens is 1. The van der Waals surface area contributed by atoms with E-state index in [1.165, 1.54) is 12.1 Å². The van der Waals surface area contributed by atoms with Gasteiger partial charge >= 0.3 is 0 Å². The van der Waals surface area contributed by atoms with Gasteiger partial charge < -0.3 is 15.0 Å². The number of benzene rings is 1. The predicted molar refractivity (Wildman–Crippen MR) is 84.8 cm³/mol. The molecule has 6 nitrogen and oxygen atoms in total. The zero-order valence-electron chi connectivity index (χ0n) is 12.8. The topological polar surface area (TPSA) is 79.9 Å². The highest BCUT2D eigenvalue weighted by atomic mass is 19.1. The van der Waals surface area contributed by atoms with Crippen LogP contribution in [0.3, 0.4) is 0 Å². The second-order valence-corrected chi connectivity index (χ2v) is 5.69. The van der Waals surface area contributed by atoms with Crippen LogP contribution in [0.4, 0.5) is 4.39 Å². The van der Waals surface area contributed by atoms with Crippen molar-refractivity contribution in [1.29, 1.82) is 0 Å². The maximum atomic E-state index is 13.4. The van der Waals surface area contributed by atoms with Gasteiger partial charge in [0, 0.05) is 35.6 Å². The molecule has 2 aromatic heterocycles. The molecule has 3 heterocycles. The molecule has 4 rings (SSSR count). The third kappa shape index (κ3) is 2.74. The molecule has 1 amide bonds. The van der Waals surface area contributed by atoms with E-state index in [9.17, 15) is 9.18 Å². The lowest BCUT2D eigenvalue weighted by atomic mass is 10.1. The van der Waals surface area contributed by atoms with E-state index in [1.54, 1.807) is 18.3 Å². The molecule has 0 atom stereocenters. The van der Waals surface area contributed by atoms with E-state index in [0.29, 0.717) is 19.6 Å². The van der Waals surface area contributed by atoms with Crippen LogP contribution < -0.4 is 5.32 Å². The monoisotopic (exact) mass is 326 g/mol. The Morgan fingerprint density at radius 2 is 2.25 bits per heavy atom. The number of fused-ring (bicyclic) bond motifs is 2. The Bertz CT molecular complexity index is 922. The van der Waals surface area contributed by atoms with Crippen LogP contribution in [0.15, 0.2) is 30.5 Å². The molecular formula is C17H15FN4O2. The van der Waals surface area contributed by atoms with Crippen molar-refractivity contribution in [2.45, 2.75) is 19.6 Å². The predicted octanol–water partition coefficient (Wildman–Crippen LogP) is 2.10. The van der Waals surface area contributed by atoms with Crippen LogP contribution in [0.5, 0.6) is 0 Å². The molecule has 0 fully saturated rings. The Labute approximate surface area is 137 Å². The first-order valence-corrected chi connectivity index (χ1v) is 7.67. The van der Waals surface area contributed by atoms with E-state index >= 15 is 0 Å². The summed E-state index contributed by atoms with van der Waals surface area (Å²) in [6.45, 7) is 1.36. The molecule has 0 saturated heterocycles. The standard InChI is InChI=1S/C17H15FN4O2/c18-12-1-2-15-13(6-12)11(7-19-15)8-20-17(23)16-5-10-9-24-4-3-14(10)21-22-16/h1-2,5-7,19H,3-4,8-9H2,(H,20,23). The molecule has 0 aliphatic carbocycles. The summed E-state index contributed by atoms with van der Waals surface area (Å²) in [6.07, 6.45) is 2.47. The fourth-order valence-corrected chi connectivity index (χ4v) is 2.82. The quantitative estimate of drug-likeness (QED) is 0.772. The van der Waals surface area contributed by atoms with Gasteiger partial charge in [0.15, 0.2) is 5.69 Å². The molecule has 0 unspecified atom stereocenters. The number of hydrogen-bond donors (Lipinski definition) is 2. The number of nitrogens with zero attached hydrogens (tertiary/aromatic N) is 2. The average Bonchev–Trinajstić information content (AvgIpc) is 3.01. The molecule has 1 aliphatic heterocycles. The lowest BCUT2D eigenvalue weighted by molar-refractivity contribution is 0.0940. The van der Waals surface area contributed by atoms with Crippen LogP contribution in [0, 0.1) is 5.82 Å². The number of amides is 1. The van der Waals surface area contributed by atoms with Crippen LogP contribution >= 0.6 is 0 Å². The van der Waals surface area contributed by atoms with Crippen LogP contribution in [0.2, 0.25) is 0 Å². The van der Waals surface area contributed by atoms with Crippen molar-refractivity contribution in [2.75, 3.05) is 6.61 Å². The minimum Gasteiger partial charge on any atom is -0.376 e. The molecule has 1 aliphatic rings. The maximum absolute atomic E-state index is 13.4. The van der Waals surface area contributed by atoms with Gasteiger partial charge in [0.1, 0.15) is 5.82 Å². The Balaban J connectivity index is 1.51. The molecule has 3 aromatic rings. The molecule has 0 radical (unpaired) electrons. The number of carbonyl (C=O) groups is 1. The second kappa shape index (κ2) is 6.01. The van der Waals surface area contributed by atoms with Crippen molar-refractivity contribution in [3.63, 3.8) is 0 Å². The minimum absolute atomic E-state index is 0.255. The molecule has 2 N–H and O–H groups in total. The van der Waals surface area contributed by atoms with Crippen molar-refractivity contribution in [1.82, 2.24) is 20.5 Å². The van der Waals surface area contributed by atoms with Gasteiger partial charge in [-0.25, -0.2) is 4.39 Å². The Morgan fingerprint density at radius 3 is 3.17 bits per heavy atom. The van der Waals surface area contributed by atoms with E-state index in [0.717, 1.165) is 27.7 Å². The van der Waals surface area contributed by atoms with E-state index in [-0.39, 0.29) is 24.0 Å². The molecule has 0 spiro atoms. The number of aromatic nitrogens is 3. The van der Waals surface area contributed by atoms with Gasteiger partial charge in [-0.3, -0.25) is 4.79 Å². The number of aromatic amines is 1. The number of rotatable bonds is 3. The largest absolute Gasteiger partial charge is 0.376 e. The van der Waals surface area contributed by atoms with Gasteiger partial charge in [0.2, 0.25) is 0 Å². The van der Waals surface area contributed by atoms with Gasteiger partial charge in [-0.05, 0) is 29.8 Å². The summed E-state index contributed by atoms with van der Waals surface area (Å²) in [4.78, 5) is 15.3. The van der Waals surface area contributed by atoms with Crippen LogP contribution in [0.1, 0.15) is 27.3 Å². The van der Waals surface area contributed by atoms with Crippen molar-refractivity contribution in [3.05, 3.63) is 58.8 Å². The zero-order chi connectivity index (χ0) is 16.5. The van der Waals surface area contributed by atoms with Crippen LogP contribution in [-0.4, -0.2) is 27.7 Å². The molecule has 24 heavy (non-hydrogen) atoms. The Hall–Kier alpha value is -2.80. The lowest BCUT2D eigenvalue weighted by Crippen LogP contribution is -2.25. The van der Waals surface area contributed by atoms with Gasteiger partial charge in [0.25, 0.3) is 5.91 Å². The first kappa shape index (κ1) is 14.8. The molecule has 1 aromatic carbocycles. The minimum atomic E-state index is -0.318. The molecule has 7 heteroatoms. The maximum Gasteiger partial charge on any atom is 0.272 e. The van der Waals surface area contributed by atoms with E-state index < -0.39 is 0 Å². The van der Waals surface area contributed by atoms with Crippen LogP contribution in [0.25, 0.3) is 10.9 Å². The summed E-state index contributed by atoms with van der Waals surface area (Å²) in [5.41, 5.74) is 3.67. The van der Waals surface area contributed by atoms with Crippen LogP contribution in [-0.2, 0) is 24.3 Å². The molecule has 122 valence electrons.